The first-order valence-electron chi connectivity index (χ1n) is 11.0. The van der Waals surface area contributed by atoms with Gasteiger partial charge in [0.2, 0.25) is 5.91 Å². The number of hydrogen-bond donors (Lipinski definition) is 1. The molecule has 3 aromatic rings. The standard InChI is InChI=1S/C22H23F3N6O2S/c1-12-19(34-21(26)27-12)20(33)29-9-13(10-29)18-14-5-2-3-6-15(14)31(28-18)11-17(32)30-8-4-7-16(30)22(23,24)25/h2-3,5-6,13,16H,4,7-11H2,1H3,(H2,26,27)/t16-/m0/s1. The highest BCUT2D eigenvalue weighted by molar-refractivity contribution is 7.17. The van der Waals surface area contributed by atoms with Gasteiger partial charge in [-0.05, 0) is 25.8 Å². The van der Waals surface area contributed by atoms with Crippen molar-refractivity contribution in [3.05, 3.63) is 40.5 Å². The predicted octanol–water partition coefficient (Wildman–Crippen LogP) is 3.18. The first-order chi connectivity index (χ1) is 16.1. The van der Waals surface area contributed by atoms with Crippen LogP contribution in [0.4, 0.5) is 18.3 Å². The number of thiazole rings is 1. The Kier molecular flexibility index (Phi) is 5.50. The van der Waals surface area contributed by atoms with Crippen LogP contribution in [0, 0.1) is 6.92 Å². The summed E-state index contributed by atoms with van der Waals surface area (Å²) in [4.78, 5) is 32.8. The fourth-order valence-corrected chi connectivity index (χ4v) is 5.58. The zero-order valence-corrected chi connectivity index (χ0v) is 19.2. The molecule has 2 aliphatic rings. The molecule has 2 N–H and O–H groups in total. The van der Waals surface area contributed by atoms with Crippen molar-refractivity contribution in [2.75, 3.05) is 25.4 Å². The molecule has 0 saturated carbocycles. The fourth-order valence-electron chi connectivity index (χ4n) is 4.78. The summed E-state index contributed by atoms with van der Waals surface area (Å²) >= 11 is 1.16. The number of likely N-dealkylation sites (tertiary alicyclic amines) is 2. The van der Waals surface area contributed by atoms with E-state index in [9.17, 15) is 22.8 Å². The van der Waals surface area contributed by atoms with E-state index >= 15 is 0 Å². The maximum absolute atomic E-state index is 13.3. The Hall–Kier alpha value is -3.15. The zero-order valence-electron chi connectivity index (χ0n) is 18.4. The third kappa shape index (κ3) is 3.89. The van der Waals surface area contributed by atoms with E-state index in [1.54, 1.807) is 24.0 Å². The van der Waals surface area contributed by atoms with E-state index in [2.05, 4.69) is 10.1 Å². The zero-order chi connectivity index (χ0) is 24.2. The molecule has 2 fully saturated rings. The number of hydrogen-bond acceptors (Lipinski definition) is 6. The van der Waals surface area contributed by atoms with Crippen molar-refractivity contribution in [2.24, 2.45) is 0 Å². The molecule has 1 atom stereocenters. The van der Waals surface area contributed by atoms with Crippen LogP contribution in [0.3, 0.4) is 0 Å². The van der Waals surface area contributed by atoms with Crippen molar-refractivity contribution in [2.45, 2.75) is 44.4 Å². The second-order valence-electron chi connectivity index (χ2n) is 8.72. The van der Waals surface area contributed by atoms with Gasteiger partial charge in [-0.25, -0.2) is 4.98 Å². The van der Waals surface area contributed by atoms with Gasteiger partial charge in [-0.2, -0.15) is 18.3 Å². The quantitative estimate of drug-likeness (QED) is 0.604. The van der Waals surface area contributed by atoms with Crippen LogP contribution in [0.2, 0.25) is 0 Å². The number of nitrogen functional groups attached to an aromatic ring is 1. The minimum atomic E-state index is -4.44. The van der Waals surface area contributed by atoms with Crippen LogP contribution in [-0.4, -0.2) is 68.2 Å². The first-order valence-corrected chi connectivity index (χ1v) is 11.8. The van der Waals surface area contributed by atoms with Gasteiger partial charge in [0.15, 0.2) is 5.13 Å². The minimum Gasteiger partial charge on any atom is -0.375 e. The molecule has 0 aliphatic carbocycles. The van der Waals surface area contributed by atoms with Crippen LogP contribution < -0.4 is 5.73 Å². The largest absolute Gasteiger partial charge is 0.408 e. The predicted molar refractivity (Wildman–Crippen MR) is 120 cm³/mol. The molecular weight excluding hydrogens is 469 g/mol. The van der Waals surface area contributed by atoms with Crippen LogP contribution in [0.1, 0.15) is 39.8 Å². The van der Waals surface area contributed by atoms with E-state index in [4.69, 9.17) is 5.73 Å². The second kappa shape index (κ2) is 8.26. The maximum Gasteiger partial charge on any atom is 0.408 e. The highest BCUT2D eigenvalue weighted by atomic mass is 32.1. The van der Waals surface area contributed by atoms with Gasteiger partial charge in [-0.15, -0.1) is 0 Å². The summed E-state index contributed by atoms with van der Waals surface area (Å²) in [6.07, 6.45) is -4.18. The van der Waals surface area contributed by atoms with E-state index in [1.807, 2.05) is 12.1 Å². The number of rotatable bonds is 4. The van der Waals surface area contributed by atoms with E-state index in [0.29, 0.717) is 40.7 Å². The van der Waals surface area contributed by atoms with Crippen LogP contribution in [0.5, 0.6) is 0 Å². The van der Waals surface area contributed by atoms with E-state index in [1.165, 1.54) is 4.68 Å². The van der Waals surface area contributed by atoms with Gasteiger partial charge in [0.25, 0.3) is 5.91 Å². The number of carbonyl (C=O) groups excluding carboxylic acids is 2. The van der Waals surface area contributed by atoms with Crippen molar-refractivity contribution in [1.82, 2.24) is 24.6 Å². The number of nitrogens with zero attached hydrogens (tertiary/aromatic N) is 5. The number of para-hydroxylation sites is 1. The molecule has 34 heavy (non-hydrogen) atoms. The molecule has 0 radical (unpaired) electrons. The lowest BCUT2D eigenvalue weighted by molar-refractivity contribution is -0.183. The highest BCUT2D eigenvalue weighted by Gasteiger charge is 2.47. The van der Waals surface area contributed by atoms with Gasteiger partial charge in [-0.1, -0.05) is 29.5 Å². The Bertz CT molecular complexity index is 1260. The molecule has 180 valence electrons. The Labute approximate surface area is 197 Å². The molecule has 0 bridgehead atoms. The van der Waals surface area contributed by atoms with Gasteiger partial charge in [0.05, 0.1) is 16.9 Å². The normalized spacial score (nSPS) is 19.1. The highest BCUT2D eigenvalue weighted by Crippen LogP contribution is 2.35. The van der Waals surface area contributed by atoms with Crippen molar-refractivity contribution < 1.29 is 22.8 Å². The molecule has 2 amide bonds. The molecular formula is C22H23F3N6O2S. The van der Waals surface area contributed by atoms with Crippen LogP contribution in [0.25, 0.3) is 10.9 Å². The number of carbonyl (C=O) groups is 2. The average molecular weight is 493 g/mol. The lowest BCUT2D eigenvalue weighted by atomic mass is 9.93. The van der Waals surface area contributed by atoms with Gasteiger partial charge in [0, 0.05) is 30.9 Å². The number of amides is 2. The number of fused-ring (bicyclic) bond motifs is 1. The van der Waals surface area contributed by atoms with Crippen molar-refractivity contribution in [3.63, 3.8) is 0 Å². The Balaban J connectivity index is 1.34. The summed E-state index contributed by atoms with van der Waals surface area (Å²) < 4.78 is 41.4. The third-order valence-electron chi connectivity index (χ3n) is 6.49. The van der Waals surface area contributed by atoms with Gasteiger partial charge < -0.3 is 15.5 Å². The summed E-state index contributed by atoms with van der Waals surface area (Å²) in [6.45, 7) is 2.48. The Morgan fingerprint density at radius 2 is 1.97 bits per heavy atom. The molecule has 12 heteroatoms. The van der Waals surface area contributed by atoms with Gasteiger partial charge >= 0.3 is 6.18 Å². The molecule has 2 aromatic heterocycles. The minimum absolute atomic E-state index is 0.0366. The number of aromatic nitrogens is 3. The van der Waals surface area contributed by atoms with E-state index in [0.717, 1.165) is 27.3 Å². The molecule has 2 saturated heterocycles. The summed E-state index contributed by atoms with van der Waals surface area (Å²) in [5.74, 6) is -0.761. The fraction of sp³-hybridized carbons (Fsp3) is 0.455. The summed E-state index contributed by atoms with van der Waals surface area (Å²) in [5.41, 5.74) is 7.73. The third-order valence-corrected chi connectivity index (χ3v) is 7.46. The second-order valence-corrected chi connectivity index (χ2v) is 9.75. The summed E-state index contributed by atoms with van der Waals surface area (Å²) in [5, 5.41) is 5.80. The number of anilines is 1. The van der Waals surface area contributed by atoms with E-state index < -0.39 is 18.1 Å². The lowest BCUT2D eigenvalue weighted by Crippen LogP contribution is -2.48. The molecule has 0 unspecified atom stereocenters. The van der Waals surface area contributed by atoms with Crippen molar-refractivity contribution in [1.29, 1.82) is 0 Å². The number of nitrogens with two attached hydrogens (primary N) is 1. The molecule has 2 aliphatic heterocycles. The topological polar surface area (TPSA) is 97.3 Å². The van der Waals surface area contributed by atoms with Gasteiger partial charge in [0.1, 0.15) is 17.5 Å². The molecule has 5 rings (SSSR count). The summed E-state index contributed by atoms with van der Waals surface area (Å²) in [6, 6.07) is 5.60. The van der Waals surface area contributed by atoms with Crippen molar-refractivity contribution in [3.8, 4) is 0 Å². The molecule has 8 nitrogen and oxygen atoms in total. The van der Waals surface area contributed by atoms with Crippen LogP contribution in [-0.2, 0) is 11.3 Å². The first kappa shape index (κ1) is 22.6. The van der Waals surface area contributed by atoms with Crippen LogP contribution >= 0.6 is 11.3 Å². The van der Waals surface area contributed by atoms with Gasteiger partial charge in [-0.3, -0.25) is 14.3 Å². The molecule has 1 aromatic carbocycles. The number of aryl methyl sites for hydroxylation is 1. The Morgan fingerprint density at radius 3 is 2.65 bits per heavy atom. The smallest absolute Gasteiger partial charge is 0.375 e. The average Bonchev–Trinajstić information content (AvgIpc) is 3.45. The number of alkyl halides is 3. The van der Waals surface area contributed by atoms with E-state index in [-0.39, 0.29) is 31.3 Å². The number of benzene rings is 1. The lowest BCUT2D eigenvalue weighted by Gasteiger charge is -2.38. The molecule has 4 heterocycles. The Morgan fingerprint density at radius 1 is 1.24 bits per heavy atom. The maximum atomic E-state index is 13.3. The summed E-state index contributed by atoms with van der Waals surface area (Å²) in [7, 11) is 0. The monoisotopic (exact) mass is 492 g/mol. The van der Waals surface area contributed by atoms with Crippen molar-refractivity contribution >= 4 is 39.2 Å². The van der Waals surface area contributed by atoms with Crippen LogP contribution in [0.15, 0.2) is 24.3 Å². The molecule has 0 spiro atoms. The SMILES string of the molecule is Cc1nc(N)sc1C(=O)N1CC(c2nn(CC(=O)N3CCC[C@H]3C(F)(F)F)c3ccccc23)C1. The number of halogens is 3.